The first kappa shape index (κ1) is 18.9. The SMILES string of the molecule is O=C(NNC(=O)c1cc(-c2ccc(Cl)cc2)nc2ccccc12)C(=O)NC1CC1. The number of halogens is 1. The molecule has 0 atom stereocenters. The summed E-state index contributed by atoms with van der Waals surface area (Å²) in [5.74, 6) is -2.23. The number of amides is 3. The molecule has 0 unspecified atom stereocenters. The molecular formula is C21H17ClN4O3. The normalized spacial score (nSPS) is 13.0. The standard InChI is InChI=1S/C21H17ClN4O3/c22-13-7-5-12(6-8-13)18-11-16(15-3-1-2-4-17(15)24-18)19(27)25-26-21(29)20(28)23-14-9-10-14/h1-8,11,14H,9-10H2,(H,23,28)(H,25,27)(H,26,29). The third-order valence-electron chi connectivity index (χ3n) is 4.51. The fourth-order valence-electron chi connectivity index (χ4n) is 2.85. The summed E-state index contributed by atoms with van der Waals surface area (Å²) in [6.45, 7) is 0. The van der Waals surface area contributed by atoms with Crippen LogP contribution in [0, 0.1) is 0 Å². The van der Waals surface area contributed by atoms with Gasteiger partial charge in [-0.1, -0.05) is 41.9 Å². The number of rotatable bonds is 3. The molecule has 3 aromatic rings. The minimum atomic E-state index is -0.915. The van der Waals surface area contributed by atoms with Gasteiger partial charge < -0.3 is 5.32 Å². The van der Waals surface area contributed by atoms with Crippen molar-refractivity contribution in [3.63, 3.8) is 0 Å². The summed E-state index contributed by atoms with van der Waals surface area (Å²) in [6.07, 6.45) is 1.73. The van der Waals surface area contributed by atoms with Crippen LogP contribution >= 0.6 is 11.6 Å². The number of hydrogen-bond donors (Lipinski definition) is 3. The fraction of sp³-hybridized carbons (Fsp3) is 0.143. The molecule has 1 aromatic heterocycles. The second kappa shape index (κ2) is 7.89. The van der Waals surface area contributed by atoms with Crippen LogP contribution in [0.5, 0.6) is 0 Å². The van der Waals surface area contributed by atoms with E-state index in [1.165, 1.54) is 0 Å². The van der Waals surface area contributed by atoms with Gasteiger partial charge >= 0.3 is 11.8 Å². The van der Waals surface area contributed by atoms with Gasteiger partial charge in [-0.2, -0.15) is 0 Å². The molecule has 0 radical (unpaired) electrons. The van der Waals surface area contributed by atoms with Crippen molar-refractivity contribution in [2.24, 2.45) is 0 Å². The highest BCUT2D eigenvalue weighted by atomic mass is 35.5. The largest absolute Gasteiger partial charge is 0.345 e. The van der Waals surface area contributed by atoms with E-state index in [0.717, 1.165) is 18.4 Å². The quantitative estimate of drug-likeness (QED) is 0.458. The average molecular weight is 409 g/mol. The topological polar surface area (TPSA) is 100 Å². The zero-order valence-corrected chi connectivity index (χ0v) is 16.0. The second-order valence-corrected chi connectivity index (χ2v) is 7.17. The Labute approximate surface area is 171 Å². The first-order chi connectivity index (χ1) is 14.0. The number of hydrogen-bond acceptors (Lipinski definition) is 4. The monoisotopic (exact) mass is 408 g/mol. The lowest BCUT2D eigenvalue weighted by Gasteiger charge is -2.11. The van der Waals surface area contributed by atoms with Crippen LogP contribution in [0.4, 0.5) is 0 Å². The van der Waals surface area contributed by atoms with Gasteiger partial charge in [0, 0.05) is 22.0 Å². The Hall–Kier alpha value is -3.45. The predicted molar refractivity (Wildman–Crippen MR) is 109 cm³/mol. The average Bonchev–Trinajstić information content (AvgIpc) is 3.55. The molecule has 0 bridgehead atoms. The Balaban J connectivity index is 1.59. The molecule has 1 aliphatic carbocycles. The number of carbonyl (C=O) groups excluding carboxylic acids is 3. The minimum absolute atomic E-state index is 0.0510. The van der Waals surface area contributed by atoms with Crippen molar-refractivity contribution in [1.29, 1.82) is 0 Å². The van der Waals surface area contributed by atoms with Crippen LogP contribution in [-0.4, -0.2) is 28.7 Å². The van der Waals surface area contributed by atoms with E-state index in [2.05, 4.69) is 21.2 Å². The van der Waals surface area contributed by atoms with Crippen molar-refractivity contribution in [2.75, 3.05) is 0 Å². The third-order valence-corrected chi connectivity index (χ3v) is 4.76. The van der Waals surface area contributed by atoms with Crippen molar-refractivity contribution < 1.29 is 14.4 Å². The van der Waals surface area contributed by atoms with E-state index >= 15 is 0 Å². The summed E-state index contributed by atoms with van der Waals surface area (Å²) in [6, 6.07) is 16.0. The van der Waals surface area contributed by atoms with E-state index in [0.29, 0.717) is 27.2 Å². The molecule has 146 valence electrons. The number of carbonyl (C=O) groups is 3. The maximum absolute atomic E-state index is 12.8. The zero-order valence-electron chi connectivity index (χ0n) is 15.2. The molecule has 1 saturated carbocycles. The Morgan fingerprint density at radius 3 is 2.38 bits per heavy atom. The number of fused-ring (bicyclic) bond motifs is 1. The molecule has 0 aliphatic heterocycles. The maximum atomic E-state index is 12.8. The van der Waals surface area contributed by atoms with Gasteiger partial charge in [-0.25, -0.2) is 4.98 Å². The summed E-state index contributed by atoms with van der Waals surface area (Å²) < 4.78 is 0. The number of aromatic nitrogens is 1. The van der Waals surface area contributed by atoms with Gasteiger partial charge in [-0.05, 0) is 37.1 Å². The van der Waals surface area contributed by atoms with Crippen LogP contribution in [0.2, 0.25) is 5.02 Å². The molecule has 0 spiro atoms. The van der Waals surface area contributed by atoms with Gasteiger partial charge in [-0.15, -0.1) is 0 Å². The van der Waals surface area contributed by atoms with Crippen LogP contribution in [0.1, 0.15) is 23.2 Å². The predicted octanol–water partition coefficient (Wildman–Crippen LogP) is 2.59. The molecule has 29 heavy (non-hydrogen) atoms. The Bertz CT molecular complexity index is 1110. The molecule has 7 nitrogen and oxygen atoms in total. The van der Waals surface area contributed by atoms with E-state index in [9.17, 15) is 14.4 Å². The van der Waals surface area contributed by atoms with Crippen molar-refractivity contribution in [3.8, 4) is 11.3 Å². The number of nitrogens with zero attached hydrogens (tertiary/aromatic N) is 1. The summed E-state index contributed by atoms with van der Waals surface area (Å²) in [5, 5.41) is 3.78. The second-order valence-electron chi connectivity index (χ2n) is 6.74. The molecule has 1 fully saturated rings. The Kier molecular flexibility index (Phi) is 5.14. The minimum Gasteiger partial charge on any atom is -0.345 e. The lowest BCUT2D eigenvalue weighted by Crippen LogP contribution is -2.49. The molecule has 3 amide bonds. The van der Waals surface area contributed by atoms with Crippen LogP contribution in [-0.2, 0) is 9.59 Å². The molecular weight excluding hydrogens is 392 g/mol. The fourth-order valence-corrected chi connectivity index (χ4v) is 2.97. The molecule has 3 N–H and O–H groups in total. The van der Waals surface area contributed by atoms with Crippen molar-refractivity contribution in [2.45, 2.75) is 18.9 Å². The van der Waals surface area contributed by atoms with E-state index in [1.54, 1.807) is 36.4 Å². The number of benzene rings is 2. The third kappa shape index (κ3) is 4.35. The van der Waals surface area contributed by atoms with Crippen molar-refractivity contribution in [3.05, 3.63) is 65.2 Å². The van der Waals surface area contributed by atoms with Crippen LogP contribution < -0.4 is 16.2 Å². The van der Waals surface area contributed by atoms with Crippen LogP contribution in [0.25, 0.3) is 22.2 Å². The van der Waals surface area contributed by atoms with E-state index < -0.39 is 17.7 Å². The molecule has 4 rings (SSSR count). The highest BCUT2D eigenvalue weighted by molar-refractivity contribution is 6.35. The number of hydrazine groups is 1. The molecule has 8 heteroatoms. The first-order valence-electron chi connectivity index (χ1n) is 9.08. The zero-order chi connectivity index (χ0) is 20.4. The van der Waals surface area contributed by atoms with Gasteiger partial charge in [0.2, 0.25) is 0 Å². The highest BCUT2D eigenvalue weighted by Gasteiger charge is 2.26. The lowest BCUT2D eigenvalue weighted by atomic mass is 10.0. The van der Waals surface area contributed by atoms with E-state index in [-0.39, 0.29) is 6.04 Å². The van der Waals surface area contributed by atoms with Gasteiger partial charge in [0.15, 0.2) is 0 Å². The van der Waals surface area contributed by atoms with Gasteiger partial charge in [0.05, 0.1) is 16.8 Å². The molecule has 2 aromatic carbocycles. The number of pyridine rings is 1. The van der Waals surface area contributed by atoms with Crippen molar-refractivity contribution >= 4 is 40.2 Å². The summed E-state index contributed by atoms with van der Waals surface area (Å²) in [5.41, 5.74) is 6.79. The first-order valence-corrected chi connectivity index (χ1v) is 9.46. The Morgan fingerprint density at radius 1 is 0.931 bits per heavy atom. The lowest BCUT2D eigenvalue weighted by molar-refractivity contribution is -0.139. The summed E-state index contributed by atoms with van der Waals surface area (Å²) in [4.78, 5) is 40.9. The number of nitrogens with one attached hydrogen (secondary N) is 3. The van der Waals surface area contributed by atoms with Crippen LogP contribution in [0.15, 0.2) is 54.6 Å². The Morgan fingerprint density at radius 2 is 1.66 bits per heavy atom. The smallest absolute Gasteiger partial charge is 0.327 e. The summed E-state index contributed by atoms with van der Waals surface area (Å²) in [7, 11) is 0. The van der Waals surface area contributed by atoms with Gasteiger partial charge in [-0.3, -0.25) is 25.2 Å². The van der Waals surface area contributed by atoms with Gasteiger partial charge in [0.25, 0.3) is 5.91 Å². The van der Waals surface area contributed by atoms with Crippen molar-refractivity contribution in [1.82, 2.24) is 21.2 Å². The van der Waals surface area contributed by atoms with E-state index in [4.69, 9.17) is 11.6 Å². The molecule has 1 heterocycles. The molecule has 0 saturated heterocycles. The van der Waals surface area contributed by atoms with Crippen LogP contribution in [0.3, 0.4) is 0 Å². The maximum Gasteiger partial charge on any atom is 0.327 e. The molecule has 1 aliphatic rings. The van der Waals surface area contributed by atoms with E-state index in [1.807, 2.05) is 18.2 Å². The summed E-state index contributed by atoms with van der Waals surface area (Å²) >= 11 is 5.95. The van der Waals surface area contributed by atoms with Gasteiger partial charge in [0.1, 0.15) is 0 Å². The highest BCUT2D eigenvalue weighted by Crippen LogP contribution is 2.26. The number of para-hydroxylation sites is 1.